The van der Waals surface area contributed by atoms with Gasteiger partial charge in [0.15, 0.2) is 0 Å². The van der Waals surface area contributed by atoms with E-state index in [1.807, 2.05) is 0 Å². The normalized spacial score (nSPS) is 4.17. The van der Waals surface area contributed by atoms with Crippen molar-refractivity contribution >= 4 is 54.9 Å². The van der Waals surface area contributed by atoms with Crippen molar-refractivity contribution in [1.29, 1.82) is 0 Å². The number of carbonyl (C=O) groups is 1. The van der Waals surface area contributed by atoms with E-state index in [9.17, 15) is 0 Å². The molecule has 0 aliphatic heterocycles. The summed E-state index contributed by atoms with van der Waals surface area (Å²) in [5, 5.41) is 8.89. The molecule has 0 saturated carbocycles. The molecule has 4 heteroatoms. The minimum atomic E-state index is -1.08. The van der Waals surface area contributed by atoms with E-state index in [4.69, 9.17) is 9.90 Å². The van der Waals surface area contributed by atoms with Crippen LogP contribution in [-0.4, -0.2) is 60.3 Å². The molecule has 0 amide bonds. The zero-order chi connectivity index (χ0) is 3.58. The molecule has 0 rings (SSSR count). The SMILES string of the molecule is CC(=O)[O-].[Ba+2].[OH-]. The molecule has 0 aromatic heterocycles. The molecular formula is C2H4BaO3. The summed E-state index contributed by atoms with van der Waals surface area (Å²) < 4.78 is 0. The molecule has 1 N–H and O–H groups in total. The van der Waals surface area contributed by atoms with Gasteiger partial charge in [0.1, 0.15) is 0 Å². The number of aliphatic carboxylic acids is 1. The Morgan fingerprint density at radius 3 is 1.67 bits per heavy atom. The van der Waals surface area contributed by atoms with Crippen molar-refractivity contribution in [3.63, 3.8) is 0 Å². The Bertz CT molecular complexity index is 31.8. The first-order chi connectivity index (χ1) is 1.73. The molecule has 0 spiro atoms. The van der Waals surface area contributed by atoms with E-state index in [-0.39, 0.29) is 54.4 Å². The number of carbonyl (C=O) groups excluding carboxylic acids is 1. The Hall–Kier alpha value is 1.00. The molecule has 6 heavy (non-hydrogen) atoms. The summed E-state index contributed by atoms with van der Waals surface area (Å²) in [5.74, 6) is -1.08. The number of carboxylic acid groups (broad SMARTS) is 1. The summed E-state index contributed by atoms with van der Waals surface area (Å²) in [4.78, 5) is 8.89. The molecule has 0 heterocycles. The fourth-order valence-electron chi connectivity index (χ4n) is 0. The van der Waals surface area contributed by atoms with E-state index in [2.05, 4.69) is 0 Å². The first kappa shape index (κ1) is 15.7. The van der Waals surface area contributed by atoms with E-state index >= 15 is 0 Å². The average Bonchev–Trinajstić information content (AvgIpc) is 0.811. The fraction of sp³-hybridized carbons (Fsp3) is 0.500. The molecule has 0 bridgehead atoms. The van der Waals surface area contributed by atoms with Crippen LogP contribution in [0.3, 0.4) is 0 Å². The number of hydrogen-bond acceptors (Lipinski definition) is 3. The second-order valence-electron chi connectivity index (χ2n) is 0.492. The van der Waals surface area contributed by atoms with Crippen molar-refractivity contribution in [1.82, 2.24) is 0 Å². The topological polar surface area (TPSA) is 70.1 Å². The second-order valence-corrected chi connectivity index (χ2v) is 0.492. The first-order valence-electron chi connectivity index (χ1n) is 0.908. The molecule has 0 aliphatic rings. The molecule has 0 aromatic carbocycles. The molecule has 0 aliphatic carbocycles. The predicted molar refractivity (Wildman–Crippen MR) is 18.4 cm³/mol. The van der Waals surface area contributed by atoms with Gasteiger partial charge in [0.25, 0.3) is 0 Å². The van der Waals surface area contributed by atoms with Gasteiger partial charge in [-0.05, 0) is 6.92 Å². The molecule has 0 atom stereocenters. The zero-order valence-corrected chi connectivity index (χ0v) is 7.91. The maximum Gasteiger partial charge on any atom is 2.00 e. The standard InChI is InChI=1S/C2H4O2.Ba.H2O/c1-2(3)4;;/h1H3,(H,3,4);;1H2/q;+2;/p-2. The fourth-order valence-corrected chi connectivity index (χ4v) is 0. The minimum absolute atomic E-state index is 0. The third-order valence-electron chi connectivity index (χ3n) is 0. The van der Waals surface area contributed by atoms with Gasteiger partial charge in [-0.2, -0.15) is 0 Å². The molecule has 0 saturated heterocycles. The summed E-state index contributed by atoms with van der Waals surface area (Å²) >= 11 is 0. The maximum atomic E-state index is 8.89. The van der Waals surface area contributed by atoms with Crippen LogP contribution in [0.4, 0.5) is 0 Å². The van der Waals surface area contributed by atoms with E-state index in [1.165, 1.54) is 0 Å². The van der Waals surface area contributed by atoms with Gasteiger partial charge in [-0.3, -0.25) is 0 Å². The van der Waals surface area contributed by atoms with Crippen molar-refractivity contribution in [2.75, 3.05) is 0 Å². The first-order valence-corrected chi connectivity index (χ1v) is 0.908. The van der Waals surface area contributed by atoms with Gasteiger partial charge in [-0.25, -0.2) is 0 Å². The molecule has 3 nitrogen and oxygen atoms in total. The molecule has 0 fully saturated rings. The Labute approximate surface area is 76.1 Å². The maximum absolute atomic E-state index is 8.89. The smallest absolute Gasteiger partial charge is 0.870 e. The largest absolute Gasteiger partial charge is 2.00 e. The van der Waals surface area contributed by atoms with Gasteiger partial charge in [0, 0.05) is 5.97 Å². The third kappa shape index (κ3) is 79.9. The Balaban J connectivity index is -0.0000000450. The Kier molecular flexibility index (Phi) is 24.6. The van der Waals surface area contributed by atoms with Crippen molar-refractivity contribution < 1.29 is 15.4 Å². The van der Waals surface area contributed by atoms with Crippen molar-refractivity contribution in [2.45, 2.75) is 6.92 Å². The van der Waals surface area contributed by atoms with E-state index in [0.29, 0.717) is 0 Å². The monoisotopic (exact) mass is 214 g/mol. The van der Waals surface area contributed by atoms with Crippen molar-refractivity contribution in [3.05, 3.63) is 0 Å². The van der Waals surface area contributed by atoms with Crippen LogP contribution in [0.2, 0.25) is 0 Å². The van der Waals surface area contributed by atoms with Crippen LogP contribution in [0.15, 0.2) is 0 Å². The summed E-state index contributed by atoms with van der Waals surface area (Å²) in [6, 6.07) is 0. The Morgan fingerprint density at radius 1 is 1.67 bits per heavy atom. The van der Waals surface area contributed by atoms with Crippen LogP contribution in [0.5, 0.6) is 0 Å². The quantitative estimate of drug-likeness (QED) is 0.446. The van der Waals surface area contributed by atoms with Gasteiger partial charge in [-0.15, -0.1) is 0 Å². The van der Waals surface area contributed by atoms with Gasteiger partial charge in [0.2, 0.25) is 0 Å². The van der Waals surface area contributed by atoms with Crippen LogP contribution in [-0.2, 0) is 4.79 Å². The number of hydrogen-bond donors (Lipinski definition) is 0. The Morgan fingerprint density at radius 2 is 1.67 bits per heavy atom. The molecule has 32 valence electrons. The average molecular weight is 213 g/mol. The summed E-state index contributed by atoms with van der Waals surface area (Å²) in [6.07, 6.45) is 0. The number of rotatable bonds is 0. The summed E-state index contributed by atoms with van der Waals surface area (Å²) in [6.45, 7) is 0.972. The minimum Gasteiger partial charge on any atom is -0.870 e. The van der Waals surface area contributed by atoms with E-state index in [1.54, 1.807) is 0 Å². The second kappa shape index (κ2) is 9.38. The molecule has 0 radical (unpaired) electrons. The molecular weight excluding hydrogens is 209 g/mol. The molecule has 0 aromatic rings. The van der Waals surface area contributed by atoms with Crippen molar-refractivity contribution in [2.24, 2.45) is 0 Å². The van der Waals surface area contributed by atoms with Gasteiger partial charge >= 0.3 is 48.9 Å². The van der Waals surface area contributed by atoms with Crippen LogP contribution in [0.1, 0.15) is 6.92 Å². The van der Waals surface area contributed by atoms with Crippen LogP contribution < -0.4 is 5.11 Å². The third-order valence-corrected chi connectivity index (χ3v) is 0. The van der Waals surface area contributed by atoms with Crippen LogP contribution in [0, 0.1) is 0 Å². The van der Waals surface area contributed by atoms with Gasteiger partial charge in [-0.1, -0.05) is 0 Å². The van der Waals surface area contributed by atoms with E-state index in [0.717, 1.165) is 6.92 Å². The van der Waals surface area contributed by atoms with Crippen LogP contribution in [0.25, 0.3) is 0 Å². The molecule has 0 unspecified atom stereocenters. The van der Waals surface area contributed by atoms with Crippen LogP contribution >= 0.6 is 0 Å². The summed E-state index contributed by atoms with van der Waals surface area (Å²) in [5.41, 5.74) is 0. The zero-order valence-electron chi connectivity index (χ0n) is 3.47. The number of carboxylic acids is 1. The van der Waals surface area contributed by atoms with Gasteiger partial charge < -0.3 is 15.4 Å². The van der Waals surface area contributed by atoms with Gasteiger partial charge in [0.05, 0.1) is 0 Å². The predicted octanol–water partition coefficient (Wildman–Crippen LogP) is -1.80. The van der Waals surface area contributed by atoms with Crippen molar-refractivity contribution in [3.8, 4) is 0 Å². The summed E-state index contributed by atoms with van der Waals surface area (Å²) in [7, 11) is 0. The van der Waals surface area contributed by atoms with E-state index < -0.39 is 5.97 Å².